The van der Waals surface area contributed by atoms with Gasteiger partial charge in [-0.3, -0.25) is 9.59 Å². The molecule has 0 unspecified atom stereocenters. The SMILES string of the molecule is O=C(O)CN(C(=O)COCCNC(=O)OCC1c2ccccc2-c2ccccc21)C1CCCC1. The summed E-state index contributed by atoms with van der Waals surface area (Å²) in [5, 5.41) is 11.7. The van der Waals surface area contributed by atoms with E-state index in [2.05, 4.69) is 29.6 Å². The van der Waals surface area contributed by atoms with Gasteiger partial charge in [0.2, 0.25) is 5.91 Å². The second kappa shape index (κ2) is 11.2. The molecule has 0 aliphatic heterocycles. The Hall–Kier alpha value is -3.39. The number of carboxylic acids is 1. The molecule has 2 aliphatic rings. The molecule has 0 aromatic heterocycles. The number of hydrogen-bond donors (Lipinski definition) is 2. The van der Waals surface area contributed by atoms with E-state index in [1.165, 1.54) is 16.0 Å². The molecule has 8 heteroatoms. The summed E-state index contributed by atoms with van der Waals surface area (Å²) >= 11 is 0. The van der Waals surface area contributed by atoms with Crippen LogP contribution in [0.15, 0.2) is 48.5 Å². The molecule has 0 heterocycles. The third-order valence-corrected chi connectivity index (χ3v) is 6.48. The van der Waals surface area contributed by atoms with Gasteiger partial charge >= 0.3 is 12.1 Å². The van der Waals surface area contributed by atoms with Gasteiger partial charge in [-0.2, -0.15) is 0 Å². The van der Waals surface area contributed by atoms with Crippen LogP contribution < -0.4 is 5.32 Å². The number of nitrogens with zero attached hydrogens (tertiary/aromatic N) is 1. The fourth-order valence-corrected chi connectivity index (χ4v) is 4.90. The lowest BCUT2D eigenvalue weighted by Crippen LogP contribution is -2.44. The first-order chi connectivity index (χ1) is 16.5. The highest BCUT2D eigenvalue weighted by molar-refractivity contribution is 5.82. The molecule has 2 aliphatic carbocycles. The number of benzene rings is 2. The Morgan fingerprint density at radius 2 is 1.59 bits per heavy atom. The average molecular weight is 467 g/mol. The number of carbonyl (C=O) groups is 3. The van der Waals surface area contributed by atoms with Gasteiger partial charge in [0.05, 0.1) is 6.61 Å². The van der Waals surface area contributed by atoms with Crippen molar-refractivity contribution in [3.05, 3.63) is 59.7 Å². The molecule has 0 atom stereocenters. The van der Waals surface area contributed by atoms with Crippen molar-refractivity contribution in [2.24, 2.45) is 0 Å². The van der Waals surface area contributed by atoms with Crippen molar-refractivity contribution in [2.75, 3.05) is 32.9 Å². The maximum absolute atomic E-state index is 12.4. The van der Waals surface area contributed by atoms with Gasteiger partial charge < -0.3 is 24.8 Å². The number of carbonyl (C=O) groups excluding carboxylic acids is 2. The van der Waals surface area contributed by atoms with E-state index < -0.39 is 12.1 Å². The summed E-state index contributed by atoms with van der Waals surface area (Å²) in [6, 6.07) is 16.2. The fraction of sp³-hybridized carbons (Fsp3) is 0.423. The number of hydrogen-bond acceptors (Lipinski definition) is 5. The minimum Gasteiger partial charge on any atom is -0.480 e. The van der Waals surface area contributed by atoms with E-state index in [-0.39, 0.29) is 50.8 Å². The molecule has 0 radical (unpaired) electrons. The maximum Gasteiger partial charge on any atom is 0.407 e. The number of alkyl carbamates (subject to hydrolysis) is 1. The van der Waals surface area contributed by atoms with Crippen molar-refractivity contribution in [3.63, 3.8) is 0 Å². The maximum atomic E-state index is 12.4. The van der Waals surface area contributed by atoms with Gasteiger partial charge in [0.25, 0.3) is 0 Å². The minimum absolute atomic E-state index is 0.0113. The molecule has 0 saturated heterocycles. The molecule has 34 heavy (non-hydrogen) atoms. The van der Waals surface area contributed by atoms with Crippen molar-refractivity contribution in [2.45, 2.75) is 37.6 Å². The molecule has 2 N–H and O–H groups in total. The first kappa shape index (κ1) is 23.8. The highest BCUT2D eigenvalue weighted by Crippen LogP contribution is 2.44. The van der Waals surface area contributed by atoms with Crippen molar-refractivity contribution in [1.29, 1.82) is 0 Å². The van der Waals surface area contributed by atoms with E-state index in [9.17, 15) is 14.4 Å². The molecule has 2 aromatic rings. The summed E-state index contributed by atoms with van der Waals surface area (Å²) in [6.07, 6.45) is 3.10. The molecule has 0 spiro atoms. The topological polar surface area (TPSA) is 105 Å². The van der Waals surface area contributed by atoms with Crippen molar-refractivity contribution in [1.82, 2.24) is 10.2 Å². The van der Waals surface area contributed by atoms with E-state index in [1.54, 1.807) is 0 Å². The normalized spacial score (nSPS) is 14.9. The average Bonchev–Trinajstić information content (AvgIpc) is 3.47. The van der Waals surface area contributed by atoms with Gasteiger partial charge in [-0.1, -0.05) is 61.4 Å². The van der Waals surface area contributed by atoms with Crippen LogP contribution in [0, 0.1) is 0 Å². The summed E-state index contributed by atoms with van der Waals surface area (Å²) < 4.78 is 10.9. The molecule has 8 nitrogen and oxygen atoms in total. The lowest BCUT2D eigenvalue weighted by atomic mass is 9.98. The van der Waals surface area contributed by atoms with Crippen molar-refractivity contribution in [3.8, 4) is 11.1 Å². The third-order valence-electron chi connectivity index (χ3n) is 6.48. The summed E-state index contributed by atoms with van der Waals surface area (Å²) in [7, 11) is 0. The fourth-order valence-electron chi connectivity index (χ4n) is 4.90. The van der Waals surface area contributed by atoms with Crippen LogP contribution in [0.25, 0.3) is 11.1 Å². The van der Waals surface area contributed by atoms with Crippen LogP contribution in [-0.2, 0) is 19.1 Å². The highest BCUT2D eigenvalue weighted by atomic mass is 16.5. The van der Waals surface area contributed by atoms with Gasteiger partial charge in [-0.05, 0) is 35.1 Å². The lowest BCUT2D eigenvalue weighted by Gasteiger charge is -2.27. The molecule has 1 saturated carbocycles. The number of fused-ring (bicyclic) bond motifs is 3. The Kier molecular flexibility index (Phi) is 7.80. The second-order valence-electron chi connectivity index (χ2n) is 8.66. The molecule has 4 rings (SSSR count). The number of amides is 2. The predicted molar refractivity (Wildman–Crippen MR) is 125 cm³/mol. The van der Waals surface area contributed by atoms with E-state index >= 15 is 0 Å². The van der Waals surface area contributed by atoms with Crippen LogP contribution in [0.4, 0.5) is 4.79 Å². The zero-order chi connectivity index (χ0) is 23.9. The Morgan fingerprint density at radius 3 is 2.21 bits per heavy atom. The first-order valence-corrected chi connectivity index (χ1v) is 11.7. The van der Waals surface area contributed by atoms with Gasteiger partial charge in [-0.15, -0.1) is 0 Å². The number of ether oxygens (including phenoxy) is 2. The summed E-state index contributed by atoms with van der Waals surface area (Å²) in [5.74, 6) is -1.38. The van der Waals surface area contributed by atoms with E-state index in [0.29, 0.717) is 0 Å². The van der Waals surface area contributed by atoms with Crippen LogP contribution >= 0.6 is 0 Å². The van der Waals surface area contributed by atoms with Crippen LogP contribution in [0.1, 0.15) is 42.7 Å². The van der Waals surface area contributed by atoms with Crippen LogP contribution in [0.3, 0.4) is 0 Å². The minimum atomic E-state index is -1.03. The molecule has 0 bridgehead atoms. The standard InChI is InChI=1S/C26H30N2O6/c29-24(28(15-25(30)31)18-7-1-2-8-18)17-33-14-13-27-26(32)34-16-23-21-11-5-3-9-19(21)20-10-4-6-12-22(20)23/h3-6,9-12,18,23H,1-2,7-8,13-17H2,(H,27,32)(H,30,31). The number of carboxylic acid groups (broad SMARTS) is 1. The smallest absolute Gasteiger partial charge is 0.407 e. The van der Waals surface area contributed by atoms with Gasteiger partial charge in [0.1, 0.15) is 19.8 Å². The van der Waals surface area contributed by atoms with Gasteiger partial charge in [-0.25, -0.2) is 4.79 Å². The molecular weight excluding hydrogens is 436 g/mol. The summed E-state index contributed by atoms with van der Waals surface area (Å²) in [4.78, 5) is 37.2. The lowest BCUT2D eigenvalue weighted by molar-refractivity contribution is -0.148. The van der Waals surface area contributed by atoms with Crippen LogP contribution in [-0.4, -0.2) is 66.9 Å². The van der Waals surface area contributed by atoms with Gasteiger partial charge in [0, 0.05) is 18.5 Å². The van der Waals surface area contributed by atoms with Gasteiger partial charge in [0.15, 0.2) is 0 Å². The second-order valence-corrected chi connectivity index (χ2v) is 8.66. The van der Waals surface area contributed by atoms with E-state index in [4.69, 9.17) is 14.6 Å². The first-order valence-electron chi connectivity index (χ1n) is 11.7. The predicted octanol–water partition coefficient (Wildman–Crippen LogP) is 3.40. The molecule has 1 fully saturated rings. The van der Waals surface area contributed by atoms with Crippen LogP contribution in [0.2, 0.25) is 0 Å². The monoisotopic (exact) mass is 466 g/mol. The summed E-state index contributed by atoms with van der Waals surface area (Å²) in [6.45, 7) is 0.0135. The Bertz CT molecular complexity index is 988. The third kappa shape index (κ3) is 5.56. The van der Waals surface area contributed by atoms with Crippen molar-refractivity contribution >= 4 is 18.0 Å². The summed E-state index contributed by atoms with van der Waals surface area (Å²) in [5.41, 5.74) is 4.62. The number of rotatable bonds is 10. The van der Waals surface area contributed by atoms with E-state index in [1.807, 2.05) is 24.3 Å². The van der Waals surface area contributed by atoms with Crippen molar-refractivity contribution < 1.29 is 29.0 Å². The number of aliphatic carboxylic acids is 1. The molecule has 2 amide bonds. The largest absolute Gasteiger partial charge is 0.480 e. The number of nitrogens with one attached hydrogen (secondary N) is 1. The zero-order valence-corrected chi connectivity index (χ0v) is 19.1. The van der Waals surface area contributed by atoms with Crippen LogP contribution in [0.5, 0.6) is 0 Å². The Balaban J connectivity index is 1.19. The molecule has 2 aromatic carbocycles. The quantitative estimate of drug-likeness (QED) is 0.520. The Morgan fingerprint density at radius 1 is 0.971 bits per heavy atom. The van der Waals surface area contributed by atoms with E-state index in [0.717, 1.165) is 36.8 Å². The molecular formula is C26H30N2O6. The highest BCUT2D eigenvalue weighted by Gasteiger charge is 2.29. The molecule has 180 valence electrons. The zero-order valence-electron chi connectivity index (χ0n) is 19.1. The Labute approximate surface area is 198 Å².